The highest BCUT2D eigenvalue weighted by molar-refractivity contribution is 8.01. The van der Waals surface area contributed by atoms with Gasteiger partial charge in [0.15, 0.2) is 0 Å². The minimum Gasteiger partial charge on any atom is -0.872 e. The molecule has 5 rings (SSSR count). The summed E-state index contributed by atoms with van der Waals surface area (Å²) in [4.78, 5) is 0. The Morgan fingerprint density at radius 2 is 0.611 bits per heavy atom. The lowest BCUT2D eigenvalue weighted by molar-refractivity contribution is -0.268. The quantitative estimate of drug-likeness (QED) is 0.272. The number of aryl methyl sites for hydroxylation is 4. The highest BCUT2D eigenvalue weighted by Crippen LogP contribution is 2.54. The third-order valence-electron chi connectivity index (χ3n) is 6.43. The van der Waals surface area contributed by atoms with Crippen molar-refractivity contribution in [3.63, 3.8) is 0 Å². The number of hydrogen-bond donors (Lipinski definition) is 0. The molecule has 0 aromatic heterocycles. The molecule has 180 valence electrons. The van der Waals surface area contributed by atoms with E-state index in [-0.39, 0.29) is 5.75 Å². The van der Waals surface area contributed by atoms with E-state index < -0.39 is 7.26 Å². The van der Waals surface area contributed by atoms with Crippen LogP contribution in [0.2, 0.25) is 0 Å². The molecule has 0 fully saturated rings. The fraction of sp³-hybridized carbons (Fsp3) is 0.118. The van der Waals surface area contributed by atoms with Crippen molar-refractivity contribution in [2.24, 2.45) is 0 Å². The molecule has 0 heterocycles. The van der Waals surface area contributed by atoms with Crippen molar-refractivity contribution in [3.05, 3.63) is 150 Å². The molecule has 36 heavy (non-hydrogen) atoms. The van der Waals surface area contributed by atoms with Crippen molar-refractivity contribution in [2.45, 2.75) is 27.7 Å². The van der Waals surface area contributed by atoms with Crippen molar-refractivity contribution < 1.29 is 5.11 Å². The molecule has 0 aliphatic carbocycles. The van der Waals surface area contributed by atoms with Crippen LogP contribution in [0.15, 0.2) is 127 Å². The summed E-state index contributed by atoms with van der Waals surface area (Å²) in [6.45, 7) is 8.64. The minimum atomic E-state index is -1.98. The molecule has 0 saturated carbocycles. The average molecular weight is 489 g/mol. The molecule has 0 bridgehead atoms. The normalized spacial score (nSPS) is 10.9. The van der Waals surface area contributed by atoms with E-state index in [9.17, 15) is 5.11 Å². The van der Waals surface area contributed by atoms with Crippen LogP contribution >= 0.6 is 7.26 Å². The van der Waals surface area contributed by atoms with Gasteiger partial charge >= 0.3 is 0 Å². The second-order valence-electron chi connectivity index (χ2n) is 9.33. The summed E-state index contributed by atoms with van der Waals surface area (Å²) in [7, 11) is -1.98. The van der Waals surface area contributed by atoms with Crippen molar-refractivity contribution in [3.8, 4) is 5.75 Å². The van der Waals surface area contributed by atoms with Gasteiger partial charge in [0.2, 0.25) is 0 Å². The predicted molar refractivity (Wildman–Crippen MR) is 156 cm³/mol. The third-order valence-corrected chi connectivity index (χ3v) is 10.7. The van der Waals surface area contributed by atoms with Gasteiger partial charge in [-0.25, -0.2) is 0 Å². The first-order valence-corrected chi connectivity index (χ1v) is 14.1. The van der Waals surface area contributed by atoms with Crippen LogP contribution in [0.4, 0.5) is 0 Å². The molecule has 0 radical (unpaired) electrons. The standard InChI is InChI=1S/C28H28P.C6H6O/c1-21-5-13-25(14-6-21)29(26-15-7-22(2)8-16-26,27-17-9-23(3)10-18-27)28-19-11-24(4)12-20-28;7-6-4-2-1-3-5-6/h5-20H,1-4H3;1-5,7H/q+1;/p-1. The van der Waals surface area contributed by atoms with Crippen LogP contribution in [-0.2, 0) is 0 Å². The van der Waals surface area contributed by atoms with Gasteiger partial charge in [0.25, 0.3) is 0 Å². The van der Waals surface area contributed by atoms with Gasteiger partial charge in [0.1, 0.15) is 28.5 Å². The SMILES string of the molecule is Cc1ccc([P+](c2ccc(C)cc2)(c2ccc(C)cc2)c2ccc(C)cc2)cc1.[O-]c1ccccc1. The molecule has 0 saturated heterocycles. The van der Waals surface area contributed by atoms with Gasteiger partial charge in [-0.3, -0.25) is 0 Å². The first kappa shape index (κ1) is 25.4. The Hall–Kier alpha value is -3.67. The van der Waals surface area contributed by atoms with E-state index in [0.717, 1.165) is 0 Å². The lowest BCUT2D eigenvalue weighted by Gasteiger charge is -2.28. The summed E-state index contributed by atoms with van der Waals surface area (Å²) < 4.78 is 0. The highest BCUT2D eigenvalue weighted by atomic mass is 31.2. The van der Waals surface area contributed by atoms with Gasteiger partial charge in [-0.2, -0.15) is 0 Å². The fourth-order valence-electron chi connectivity index (χ4n) is 4.39. The Labute approximate surface area is 216 Å². The zero-order valence-electron chi connectivity index (χ0n) is 21.5. The maximum Gasteiger partial charge on any atom is 0.144 e. The van der Waals surface area contributed by atoms with E-state index in [1.54, 1.807) is 12.1 Å². The van der Waals surface area contributed by atoms with Crippen LogP contribution in [0.3, 0.4) is 0 Å². The second kappa shape index (κ2) is 11.4. The molecule has 0 aliphatic rings. The number of rotatable bonds is 4. The van der Waals surface area contributed by atoms with E-state index in [2.05, 4.69) is 125 Å². The lowest BCUT2D eigenvalue weighted by Crippen LogP contribution is -2.38. The first-order chi connectivity index (χ1) is 17.4. The number of hydrogen-bond acceptors (Lipinski definition) is 1. The molecular formula is C34H33OP. The van der Waals surface area contributed by atoms with Gasteiger partial charge in [-0.05, 0) is 76.2 Å². The zero-order valence-corrected chi connectivity index (χ0v) is 22.4. The summed E-state index contributed by atoms with van der Waals surface area (Å²) in [5, 5.41) is 15.9. The average Bonchev–Trinajstić information content (AvgIpc) is 2.89. The lowest BCUT2D eigenvalue weighted by atomic mass is 10.2. The predicted octanol–water partition coefficient (Wildman–Crippen LogP) is 6.30. The van der Waals surface area contributed by atoms with E-state index in [1.165, 1.54) is 55.6 Å². The summed E-state index contributed by atoms with van der Waals surface area (Å²) in [5.74, 6) is 0.0718. The fourth-order valence-corrected chi connectivity index (χ4v) is 8.56. The Morgan fingerprint density at radius 1 is 0.361 bits per heavy atom. The maximum absolute atomic E-state index is 10.3. The molecule has 0 atom stereocenters. The number of para-hydroxylation sites is 1. The molecular weight excluding hydrogens is 455 g/mol. The molecule has 1 nitrogen and oxygen atoms in total. The van der Waals surface area contributed by atoms with E-state index in [0.29, 0.717) is 0 Å². The summed E-state index contributed by atoms with van der Waals surface area (Å²) >= 11 is 0. The topological polar surface area (TPSA) is 23.1 Å². The van der Waals surface area contributed by atoms with Gasteiger partial charge in [0.05, 0.1) is 0 Å². The Balaban J connectivity index is 0.000000375. The first-order valence-electron chi connectivity index (χ1n) is 12.3. The van der Waals surface area contributed by atoms with Gasteiger partial charge in [-0.15, -0.1) is 5.75 Å². The van der Waals surface area contributed by atoms with Crippen LogP contribution < -0.4 is 26.3 Å². The summed E-state index contributed by atoms with van der Waals surface area (Å²) in [5.41, 5.74) is 5.18. The Morgan fingerprint density at radius 3 is 0.806 bits per heavy atom. The molecule has 0 spiro atoms. The second-order valence-corrected chi connectivity index (χ2v) is 12.7. The Bertz CT molecular complexity index is 1180. The number of benzene rings is 5. The molecule has 0 N–H and O–H groups in total. The van der Waals surface area contributed by atoms with Gasteiger partial charge < -0.3 is 5.11 Å². The van der Waals surface area contributed by atoms with Crippen molar-refractivity contribution in [2.75, 3.05) is 0 Å². The van der Waals surface area contributed by atoms with Crippen molar-refractivity contribution >= 4 is 28.5 Å². The summed E-state index contributed by atoms with van der Waals surface area (Å²) in [6, 6.07) is 45.0. The Kier molecular flexibility index (Phi) is 8.04. The smallest absolute Gasteiger partial charge is 0.144 e. The third kappa shape index (κ3) is 5.59. The highest BCUT2D eigenvalue weighted by Gasteiger charge is 2.47. The molecule has 0 unspecified atom stereocenters. The van der Waals surface area contributed by atoms with Crippen LogP contribution in [0, 0.1) is 27.7 Å². The van der Waals surface area contributed by atoms with Crippen LogP contribution in [0.25, 0.3) is 0 Å². The molecule has 5 aromatic carbocycles. The van der Waals surface area contributed by atoms with E-state index >= 15 is 0 Å². The molecule has 5 aromatic rings. The van der Waals surface area contributed by atoms with Crippen molar-refractivity contribution in [1.29, 1.82) is 0 Å². The van der Waals surface area contributed by atoms with Crippen molar-refractivity contribution in [1.82, 2.24) is 0 Å². The van der Waals surface area contributed by atoms with Gasteiger partial charge in [0, 0.05) is 0 Å². The van der Waals surface area contributed by atoms with Crippen LogP contribution in [0.1, 0.15) is 22.3 Å². The monoisotopic (exact) mass is 488 g/mol. The summed E-state index contributed by atoms with van der Waals surface area (Å²) in [6.07, 6.45) is 0. The molecule has 0 aliphatic heterocycles. The maximum atomic E-state index is 10.3. The zero-order chi connectivity index (χ0) is 25.5. The van der Waals surface area contributed by atoms with E-state index in [4.69, 9.17) is 0 Å². The molecule has 2 heteroatoms. The van der Waals surface area contributed by atoms with Crippen LogP contribution in [0.5, 0.6) is 5.75 Å². The van der Waals surface area contributed by atoms with Gasteiger partial charge in [-0.1, -0.05) is 101 Å². The largest absolute Gasteiger partial charge is 0.872 e. The molecule has 0 amide bonds. The van der Waals surface area contributed by atoms with E-state index in [1.807, 2.05) is 6.07 Å². The minimum absolute atomic E-state index is 0.0718. The van der Waals surface area contributed by atoms with Crippen LogP contribution in [-0.4, -0.2) is 0 Å².